The van der Waals surface area contributed by atoms with Crippen molar-refractivity contribution in [3.63, 3.8) is 0 Å². The molecule has 1 N–H and O–H groups in total. The van der Waals surface area contributed by atoms with Gasteiger partial charge in [0.1, 0.15) is 0 Å². The Kier molecular flexibility index (Phi) is 9.73. The molecule has 0 saturated carbocycles. The standard InChI is InChI=1S/C17H33NO2/c1-2-3-4-5-6-7-10-13-17(20)18-14-11-8-9-12-16(18)15-19/h16,19H,2-15H2,1H3. The number of rotatable bonds is 9. The molecule has 1 amide bonds. The van der Waals surface area contributed by atoms with Crippen LogP contribution in [-0.4, -0.2) is 35.1 Å². The summed E-state index contributed by atoms with van der Waals surface area (Å²) < 4.78 is 0. The van der Waals surface area contributed by atoms with Crippen LogP contribution in [0.2, 0.25) is 0 Å². The van der Waals surface area contributed by atoms with Crippen molar-refractivity contribution < 1.29 is 9.90 Å². The molecule has 118 valence electrons. The van der Waals surface area contributed by atoms with E-state index in [1.54, 1.807) is 0 Å². The number of aliphatic hydroxyl groups is 1. The first kappa shape index (κ1) is 17.5. The number of unbranched alkanes of at least 4 members (excludes halogenated alkanes) is 6. The molecular formula is C17H33NO2. The van der Waals surface area contributed by atoms with Crippen molar-refractivity contribution in [2.75, 3.05) is 13.2 Å². The molecule has 1 atom stereocenters. The van der Waals surface area contributed by atoms with Gasteiger partial charge in [-0.15, -0.1) is 0 Å². The quantitative estimate of drug-likeness (QED) is 0.652. The molecule has 1 aliphatic heterocycles. The largest absolute Gasteiger partial charge is 0.394 e. The van der Waals surface area contributed by atoms with Gasteiger partial charge in [-0.25, -0.2) is 0 Å². The highest BCUT2D eigenvalue weighted by molar-refractivity contribution is 5.76. The number of aliphatic hydroxyl groups excluding tert-OH is 1. The fraction of sp³-hybridized carbons (Fsp3) is 0.941. The molecule has 0 aromatic rings. The minimum absolute atomic E-state index is 0.0783. The number of hydrogen-bond donors (Lipinski definition) is 1. The average molecular weight is 283 g/mol. The maximum absolute atomic E-state index is 12.3. The van der Waals surface area contributed by atoms with E-state index in [-0.39, 0.29) is 18.6 Å². The predicted octanol–water partition coefficient (Wildman–Crippen LogP) is 3.89. The van der Waals surface area contributed by atoms with Crippen molar-refractivity contribution in [1.29, 1.82) is 0 Å². The zero-order valence-electron chi connectivity index (χ0n) is 13.3. The first-order valence-corrected chi connectivity index (χ1v) is 8.70. The Morgan fingerprint density at radius 2 is 1.75 bits per heavy atom. The van der Waals surface area contributed by atoms with E-state index in [0.29, 0.717) is 6.42 Å². The van der Waals surface area contributed by atoms with Crippen molar-refractivity contribution in [1.82, 2.24) is 4.90 Å². The molecule has 1 heterocycles. The van der Waals surface area contributed by atoms with Crippen LogP contribution in [0.4, 0.5) is 0 Å². The summed E-state index contributed by atoms with van der Waals surface area (Å²) in [5.41, 5.74) is 0. The Labute approximate surface area is 124 Å². The van der Waals surface area contributed by atoms with Gasteiger partial charge < -0.3 is 10.0 Å². The maximum atomic E-state index is 12.3. The van der Waals surface area contributed by atoms with Crippen LogP contribution in [0.15, 0.2) is 0 Å². The van der Waals surface area contributed by atoms with E-state index in [2.05, 4.69) is 6.92 Å². The molecule has 1 fully saturated rings. The average Bonchev–Trinajstić information content (AvgIpc) is 2.71. The summed E-state index contributed by atoms with van der Waals surface area (Å²) in [5.74, 6) is 0.263. The molecule has 0 aliphatic carbocycles. The van der Waals surface area contributed by atoms with E-state index in [0.717, 1.165) is 32.2 Å². The summed E-state index contributed by atoms with van der Waals surface area (Å²) in [6, 6.07) is 0.0783. The number of nitrogens with zero attached hydrogens (tertiary/aromatic N) is 1. The Morgan fingerprint density at radius 1 is 1.05 bits per heavy atom. The van der Waals surface area contributed by atoms with Crippen molar-refractivity contribution >= 4 is 5.91 Å². The van der Waals surface area contributed by atoms with Crippen molar-refractivity contribution in [3.05, 3.63) is 0 Å². The lowest BCUT2D eigenvalue weighted by Crippen LogP contribution is -2.41. The van der Waals surface area contributed by atoms with Crippen LogP contribution in [0.5, 0.6) is 0 Å². The molecule has 3 nitrogen and oxygen atoms in total. The van der Waals surface area contributed by atoms with Crippen molar-refractivity contribution in [2.24, 2.45) is 0 Å². The van der Waals surface area contributed by atoms with E-state index in [1.165, 1.54) is 44.9 Å². The summed E-state index contributed by atoms with van der Waals surface area (Å²) >= 11 is 0. The van der Waals surface area contributed by atoms with Crippen LogP contribution in [-0.2, 0) is 4.79 Å². The van der Waals surface area contributed by atoms with Gasteiger partial charge in [0.15, 0.2) is 0 Å². The highest BCUT2D eigenvalue weighted by atomic mass is 16.3. The van der Waals surface area contributed by atoms with Crippen LogP contribution in [0, 0.1) is 0 Å². The second-order valence-electron chi connectivity index (χ2n) is 6.14. The zero-order valence-corrected chi connectivity index (χ0v) is 13.3. The summed E-state index contributed by atoms with van der Waals surface area (Å²) in [6.07, 6.45) is 13.8. The van der Waals surface area contributed by atoms with Crippen LogP contribution in [0.3, 0.4) is 0 Å². The summed E-state index contributed by atoms with van der Waals surface area (Å²) in [6.45, 7) is 3.21. The molecule has 1 unspecified atom stereocenters. The van der Waals surface area contributed by atoms with Crippen LogP contribution in [0.1, 0.15) is 84.0 Å². The molecule has 3 heteroatoms. The van der Waals surface area contributed by atoms with Crippen LogP contribution in [0.25, 0.3) is 0 Å². The predicted molar refractivity (Wildman–Crippen MR) is 83.7 cm³/mol. The SMILES string of the molecule is CCCCCCCCCC(=O)N1CCCCCC1CO. The van der Waals surface area contributed by atoms with E-state index in [1.807, 2.05) is 4.90 Å². The van der Waals surface area contributed by atoms with Gasteiger partial charge in [-0.1, -0.05) is 58.3 Å². The molecular weight excluding hydrogens is 250 g/mol. The lowest BCUT2D eigenvalue weighted by atomic mass is 10.1. The van der Waals surface area contributed by atoms with Gasteiger partial charge in [-0.05, 0) is 19.3 Å². The van der Waals surface area contributed by atoms with E-state index >= 15 is 0 Å². The highest BCUT2D eigenvalue weighted by Gasteiger charge is 2.23. The van der Waals surface area contributed by atoms with E-state index in [4.69, 9.17) is 0 Å². The second-order valence-corrected chi connectivity index (χ2v) is 6.14. The number of amides is 1. The number of hydrogen-bond acceptors (Lipinski definition) is 2. The van der Waals surface area contributed by atoms with Gasteiger partial charge >= 0.3 is 0 Å². The molecule has 0 radical (unpaired) electrons. The Morgan fingerprint density at radius 3 is 2.45 bits per heavy atom. The molecule has 1 saturated heterocycles. The third kappa shape index (κ3) is 6.74. The molecule has 0 spiro atoms. The molecule has 0 aromatic carbocycles. The third-order valence-corrected chi connectivity index (χ3v) is 4.40. The summed E-state index contributed by atoms with van der Waals surface area (Å²) in [7, 11) is 0. The molecule has 0 aromatic heterocycles. The van der Waals surface area contributed by atoms with Gasteiger partial charge in [-0.3, -0.25) is 4.79 Å². The smallest absolute Gasteiger partial charge is 0.222 e. The summed E-state index contributed by atoms with van der Waals surface area (Å²) in [4.78, 5) is 14.2. The fourth-order valence-corrected chi connectivity index (χ4v) is 3.07. The van der Waals surface area contributed by atoms with Crippen molar-refractivity contribution in [2.45, 2.75) is 90.0 Å². The van der Waals surface area contributed by atoms with Gasteiger partial charge in [0.05, 0.1) is 12.6 Å². The normalized spacial score (nSPS) is 19.9. The Hall–Kier alpha value is -0.570. The van der Waals surface area contributed by atoms with E-state index in [9.17, 15) is 9.90 Å². The number of likely N-dealkylation sites (tertiary alicyclic amines) is 1. The summed E-state index contributed by atoms with van der Waals surface area (Å²) in [5, 5.41) is 9.43. The maximum Gasteiger partial charge on any atom is 0.222 e. The van der Waals surface area contributed by atoms with Crippen molar-refractivity contribution in [3.8, 4) is 0 Å². The molecule has 20 heavy (non-hydrogen) atoms. The number of carbonyl (C=O) groups is 1. The van der Waals surface area contributed by atoms with Crippen LogP contribution >= 0.6 is 0 Å². The van der Waals surface area contributed by atoms with Gasteiger partial charge in [0.25, 0.3) is 0 Å². The minimum atomic E-state index is 0.0783. The van der Waals surface area contributed by atoms with E-state index < -0.39 is 0 Å². The Balaban J connectivity index is 2.16. The fourth-order valence-electron chi connectivity index (χ4n) is 3.07. The third-order valence-electron chi connectivity index (χ3n) is 4.40. The number of carbonyl (C=O) groups excluding carboxylic acids is 1. The first-order valence-electron chi connectivity index (χ1n) is 8.70. The Bertz CT molecular complexity index is 255. The van der Waals surface area contributed by atoms with Gasteiger partial charge in [0, 0.05) is 13.0 Å². The molecule has 0 bridgehead atoms. The van der Waals surface area contributed by atoms with Gasteiger partial charge in [-0.2, -0.15) is 0 Å². The van der Waals surface area contributed by atoms with Gasteiger partial charge in [0.2, 0.25) is 5.91 Å². The second kappa shape index (κ2) is 11.1. The lowest BCUT2D eigenvalue weighted by molar-refractivity contribution is -0.134. The minimum Gasteiger partial charge on any atom is -0.394 e. The highest BCUT2D eigenvalue weighted by Crippen LogP contribution is 2.18. The molecule has 1 aliphatic rings. The topological polar surface area (TPSA) is 40.5 Å². The lowest BCUT2D eigenvalue weighted by Gasteiger charge is -2.28. The molecule has 1 rings (SSSR count). The monoisotopic (exact) mass is 283 g/mol. The van der Waals surface area contributed by atoms with Crippen LogP contribution < -0.4 is 0 Å². The zero-order chi connectivity index (χ0) is 14.6. The first-order chi connectivity index (χ1) is 9.79.